The number of halogens is 1. The van der Waals surface area contributed by atoms with Crippen LogP contribution in [-0.2, 0) is 4.79 Å². The van der Waals surface area contributed by atoms with E-state index < -0.39 is 0 Å². The maximum Gasteiger partial charge on any atom is 0.255 e. The lowest BCUT2D eigenvalue weighted by Crippen LogP contribution is -2.13. The van der Waals surface area contributed by atoms with Crippen molar-refractivity contribution in [1.29, 1.82) is 0 Å². The van der Waals surface area contributed by atoms with Crippen LogP contribution in [0.15, 0.2) is 42.5 Å². The minimum absolute atomic E-state index is 0.0990. The monoisotopic (exact) mass is 316 g/mol. The Morgan fingerprint density at radius 1 is 1.05 bits per heavy atom. The predicted octanol–water partition coefficient (Wildman–Crippen LogP) is 4.25. The molecule has 0 atom stereocenters. The standard InChI is InChI=1S/C17H17ClN2O2/c1-3-16(21)19-13-8-9-14(18)15(10-13)20-17(22)12-6-4-11(2)5-7-12/h4-10H,3H2,1-2H3,(H,19,21)(H,20,22). The number of nitrogens with one attached hydrogen (secondary N) is 2. The molecule has 114 valence electrons. The molecule has 4 nitrogen and oxygen atoms in total. The number of benzene rings is 2. The van der Waals surface area contributed by atoms with E-state index in [1.165, 1.54) is 0 Å². The number of aryl methyl sites for hydroxylation is 1. The van der Waals surface area contributed by atoms with Crippen molar-refractivity contribution >= 4 is 34.8 Å². The van der Waals surface area contributed by atoms with Crippen LogP contribution < -0.4 is 10.6 Å². The summed E-state index contributed by atoms with van der Waals surface area (Å²) in [6.45, 7) is 3.73. The number of hydrogen-bond acceptors (Lipinski definition) is 2. The Morgan fingerprint density at radius 3 is 2.36 bits per heavy atom. The van der Waals surface area contributed by atoms with Gasteiger partial charge in [0.2, 0.25) is 5.91 Å². The second-order valence-corrected chi connectivity index (χ2v) is 5.32. The van der Waals surface area contributed by atoms with Gasteiger partial charge in [-0.1, -0.05) is 36.2 Å². The molecule has 0 spiro atoms. The summed E-state index contributed by atoms with van der Waals surface area (Å²) in [6.07, 6.45) is 0.383. The van der Waals surface area contributed by atoms with Gasteiger partial charge in [-0.15, -0.1) is 0 Å². The summed E-state index contributed by atoms with van der Waals surface area (Å²) in [5, 5.41) is 5.90. The lowest BCUT2D eigenvalue weighted by Gasteiger charge is -2.10. The third-order valence-electron chi connectivity index (χ3n) is 3.13. The molecule has 0 heterocycles. The second-order valence-electron chi connectivity index (χ2n) is 4.92. The van der Waals surface area contributed by atoms with Gasteiger partial charge in [-0.05, 0) is 37.3 Å². The van der Waals surface area contributed by atoms with Crippen LogP contribution >= 0.6 is 11.6 Å². The molecule has 22 heavy (non-hydrogen) atoms. The van der Waals surface area contributed by atoms with E-state index >= 15 is 0 Å². The molecule has 0 saturated carbocycles. The Bertz CT molecular complexity index is 696. The fourth-order valence-electron chi connectivity index (χ4n) is 1.85. The summed E-state index contributed by atoms with van der Waals surface area (Å²) in [4.78, 5) is 23.6. The van der Waals surface area contributed by atoms with Gasteiger partial charge < -0.3 is 10.6 Å². The molecule has 0 unspecified atom stereocenters. The lowest BCUT2D eigenvalue weighted by atomic mass is 10.1. The van der Waals surface area contributed by atoms with Gasteiger partial charge >= 0.3 is 0 Å². The van der Waals surface area contributed by atoms with E-state index in [2.05, 4.69) is 10.6 Å². The van der Waals surface area contributed by atoms with E-state index in [0.29, 0.717) is 28.4 Å². The molecule has 0 bridgehead atoms. The number of amides is 2. The highest BCUT2D eigenvalue weighted by molar-refractivity contribution is 6.34. The normalized spacial score (nSPS) is 10.1. The summed E-state index contributed by atoms with van der Waals surface area (Å²) < 4.78 is 0. The number of rotatable bonds is 4. The average Bonchev–Trinajstić information content (AvgIpc) is 2.51. The lowest BCUT2D eigenvalue weighted by molar-refractivity contribution is -0.115. The zero-order chi connectivity index (χ0) is 16.1. The van der Waals surface area contributed by atoms with E-state index in [1.54, 1.807) is 37.3 Å². The van der Waals surface area contributed by atoms with Crippen LogP contribution in [-0.4, -0.2) is 11.8 Å². The van der Waals surface area contributed by atoms with E-state index in [4.69, 9.17) is 11.6 Å². The van der Waals surface area contributed by atoms with Crippen molar-refractivity contribution in [3.8, 4) is 0 Å². The highest BCUT2D eigenvalue weighted by Gasteiger charge is 2.10. The number of hydrogen-bond donors (Lipinski definition) is 2. The van der Waals surface area contributed by atoms with Crippen LogP contribution in [0.1, 0.15) is 29.3 Å². The number of anilines is 2. The number of carbonyl (C=O) groups excluding carboxylic acids is 2. The first-order chi connectivity index (χ1) is 10.5. The van der Waals surface area contributed by atoms with E-state index in [-0.39, 0.29) is 11.8 Å². The quantitative estimate of drug-likeness (QED) is 0.886. The second kappa shape index (κ2) is 7.09. The van der Waals surface area contributed by atoms with Crippen molar-refractivity contribution in [1.82, 2.24) is 0 Å². The first-order valence-electron chi connectivity index (χ1n) is 6.97. The molecule has 2 N–H and O–H groups in total. The Morgan fingerprint density at radius 2 is 1.73 bits per heavy atom. The van der Waals surface area contributed by atoms with Crippen LogP contribution in [0.5, 0.6) is 0 Å². The summed E-state index contributed by atoms with van der Waals surface area (Å²) in [7, 11) is 0. The van der Waals surface area contributed by atoms with Crippen molar-refractivity contribution in [2.45, 2.75) is 20.3 Å². The molecule has 2 rings (SSSR count). The van der Waals surface area contributed by atoms with Crippen molar-refractivity contribution in [2.75, 3.05) is 10.6 Å². The zero-order valence-corrected chi connectivity index (χ0v) is 13.2. The average molecular weight is 317 g/mol. The van der Waals surface area contributed by atoms with Gasteiger partial charge in [-0.2, -0.15) is 0 Å². The van der Waals surface area contributed by atoms with Gasteiger partial charge in [0, 0.05) is 17.7 Å². The molecule has 0 fully saturated rings. The third kappa shape index (κ3) is 4.09. The molecule has 2 aromatic carbocycles. The summed E-state index contributed by atoms with van der Waals surface area (Å²) in [5.41, 5.74) is 2.68. The fraction of sp³-hybridized carbons (Fsp3) is 0.176. The van der Waals surface area contributed by atoms with Crippen molar-refractivity contribution in [3.63, 3.8) is 0 Å². The van der Waals surface area contributed by atoms with Crippen LogP contribution in [0, 0.1) is 6.92 Å². The maximum atomic E-state index is 12.2. The summed E-state index contributed by atoms with van der Waals surface area (Å²) >= 11 is 6.10. The van der Waals surface area contributed by atoms with E-state index in [9.17, 15) is 9.59 Å². The Hall–Kier alpha value is -2.33. The molecule has 0 aliphatic heterocycles. The van der Waals surface area contributed by atoms with Crippen LogP contribution in [0.4, 0.5) is 11.4 Å². The first kappa shape index (κ1) is 16.0. The Labute approximate surface area is 134 Å². The van der Waals surface area contributed by atoms with Gasteiger partial charge in [0.15, 0.2) is 0 Å². The maximum absolute atomic E-state index is 12.2. The molecular weight excluding hydrogens is 300 g/mol. The molecule has 0 radical (unpaired) electrons. The first-order valence-corrected chi connectivity index (χ1v) is 7.35. The predicted molar refractivity (Wildman–Crippen MR) is 89.5 cm³/mol. The van der Waals surface area contributed by atoms with Gasteiger partial charge in [-0.25, -0.2) is 0 Å². The molecule has 0 aliphatic carbocycles. The fourth-order valence-corrected chi connectivity index (χ4v) is 2.01. The third-order valence-corrected chi connectivity index (χ3v) is 3.46. The van der Waals surface area contributed by atoms with Gasteiger partial charge in [0.1, 0.15) is 0 Å². The Balaban J connectivity index is 2.17. The highest BCUT2D eigenvalue weighted by Crippen LogP contribution is 2.26. The SMILES string of the molecule is CCC(=O)Nc1ccc(Cl)c(NC(=O)c2ccc(C)cc2)c1. The summed E-state index contributed by atoms with van der Waals surface area (Å²) in [5.74, 6) is -0.348. The van der Waals surface area contributed by atoms with Crippen LogP contribution in [0.3, 0.4) is 0 Å². The highest BCUT2D eigenvalue weighted by atomic mass is 35.5. The molecule has 2 amide bonds. The smallest absolute Gasteiger partial charge is 0.255 e. The molecule has 0 aromatic heterocycles. The molecular formula is C17H17ClN2O2. The van der Waals surface area contributed by atoms with E-state index in [1.807, 2.05) is 19.1 Å². The number of carbonyl (C=O) groups is 2. The van der Waals surface area contributed by atoms with Crippen molar-refractivity contribution in [3.05, 3.63) is 58.6 Å². The van der Waals surface area contributed by atoms with Crippen LogP contribution in [0.25, 0.3) is 0 Å². The van der Waals surface area contributed by atoms with Gasteiger partial charge in [0.25, 0.3) is 5.91 Å². The van der Waals surface area contributed by atoms with Crippen molar-refractivity contribution < 1.29 is 9.59 Å². The molecule has 0 aliphatic rings. The Kier molecular flexibility index (Phi) is 5.17. The van der Waals surface area contributed by atoms with Gasteiger partial charge in [-0.3, -0.25) is 9.59 Å². The largest absolute Gasteiger partial charge is 0.326 e. The van der Waals surface area contributed by atoms with Crippen molar-refractivity contribution in [2.24, 2.45) is 0 Å². The van der Waals surface area contributed by atoms with Gasteiger partial charge in [0.05, 0.1) is 10.7 Å². The zero-order valence-electron chi connectivity index (χ0n) is 12.4. The van der Waals surface area contributed by atoms with Crippen LogP contribution in [0.2, 0.25) is 5.02 Å². The summed E-state index contributed by atoms with van der Waals surface area (Å²) in [6, 6.07) is 12.2. The molecule has 2 aromatic rings. The van der Waals surface area contributed by atoms with E-state index in [0.717, 1.165) is 5.56 Å². The minimum atomic E-state index is -0.249. The molecule has 5 heteroatoms. The molecule has 0 saturated heterocycles. The minimum Gasteiger partial charge on any atom is -0.326 e. The topological polar surface area (TPSA) is 58.2 Å².